The highest BCUT2D eigenvalue weighted by molar-refractivity contribution is 9.10. The molecule has 5 N–H and O–H groups in total. The number of benzene rings is 1. The van der Waals surface area contributed by atoms with E-state index in [4.69, 9.17) is 16.1 Å². The zero-order valence-electron chi connectivity index (χ0n) is 10.5. The molecule has 7 heteroatoms. The van der Waals surface area contributed by atoms with Crippen molar-refractivity contribution in [2.45, 2.75) is 6.54 Å². The van der Waals surface area contributed by atoms with Crippen LogP contribution in [-0.4, -0.2) is 47.3 Å². The van der Waals surface area contributed by atoms with Crippen molar-refractivity contribution in [3.8, 4) is 0 Å². The third-order valence-electron chi connectivity index (χ3n) is 2.67. The van der Waals surface area contributed by atoms with Gasteiger partial charge in [0.15, 0.2) is 0 Å². The number of nitrogens with zero attached hydrogens (tertiary/aromatic N) is 1. The van der Waals surface area contributed by atoms with Crippen LogP contribution >= 0.6 is 15.9 Å². The molecule has 0 radical (unpaired) electrons. The number of halogens is 1. The van der Waals surface area contributed by atoms with Gasteiger partial charge >= 0.3 is 0 Å². The molecule has 0 saturated carbocycles. The number of nitrogens with one attached hydrogen (secondary N) is 1. The molecular weight excluding hydrogens is 314 g/mol. The molecule has 0 aromatic heterocycles. The number of nitrogens with two attached hydrogens (primary N) is 1. The van der Waals surface area contributed by atoms with Crippen molar-refractivity contribution >= 4 is 21.8 Å². The van der Waals surface area contributed by atoms with E-state index in [1.165, 1.54) is 0 Å². The van der Waals surface area contributed by atoms with Gasteiger partial charge in [-0.15, -0.1) is 0 Å². The molecule has 0 unspecified atom stereocenters. The number of aliphatic hydroxyl groups is 2. The fourth-order valence-corrected chi connectivity index (χ4v) is 2.20. The lowest BCUT2D eigenvalue weighted by atomic mass is 10.1. The van der Waals surface area contributed by atoms with Gasteiger partial charge in [-0.2, -0.15) is 0 Å². The second-order valence-electron chi connectivity index (χ2n) is 4.00. The van der Waals surface area contributed by atoms with E-state index in [2.05, 4.69) is 21.4 Å². The Morgan fingerprint density at radius 2 is 1.95 bits per heavy atom. The standard InChI is InChI=1S/C12H18BrN3O3/c13-11-7-9(12(19)15-14)1-2-10(11)8-16(3-5-17)4-6-18/h1-2,7,17-18H,3-6,8,14H2,(H,15,19). The second kappa shape index (κ2) is 8.23. The Labute approximate surface area is 120 Å². The van der Waals surface area contributed by atoms with Crippen LogP contribution in [0.15, 0.2) is 22.7 Å². The maximum atomic E-state index is 11.4. The summed E-state index contributed by atoms with van der Waals surface area (Å²) < 4.78 is 0.787. The van der Waals surface area contributed by atoms with Gasteiger partial charge in [0.2, 0.25) is 0 Å². The number of rotatable bonds is 7. The van der Waals surface area contributed by atoms with Gasteiger partial charge in [0.1, 0.15) is 0 Å². The van der Waals surface area contributed by atoms with Gasteiger partial charge in [0, 0.05) is 29.7 Å². The summed E-state index contributed by atoms with van der Waals surface area (Å²) in [6, 6.07) is 5.18. The first-order valence-corrected chi connectivity index (χ1v) is 6.65. The van der Waals surface area contributed by atoms with Crippen molar-refractivity contribution in [1.82, 2.24) is 10.3 Å². The normalized spacial score (nSPS) is 10.8. The largest absolute Gasteiger partial charge is 0.395 e. The van der Waals surface area contributed by atoms with Crippen molar-refractivity contribution in [3.05, 3.63) is 33.8 Å². The van der Waals surface area contributed by atoms with Crippen LogP contribution in [0.2, 0.25) is 0 Å². The molecule has 1 aromatic carbocycles. The SMILES string of the molecule is NNC(=O)c1ccc(CN(CCO)CCO)c(Br)c1. The predicted octanol–water partition coefficient (Wildman–Crippen LogP) is -0.161. The van der Waals surface area contributed by atoms with Gasteiger partial charge in [-0.3, -0.25) is 15.1 Å². The monoisotopic (exact) mass is 331 g/mol. The quantitative estimate of drug-likeness (QED) is 0.316. The lowest BCUT2D eigenvalue weighted by Crippen LogP contribution is -2.30. The average Bonchev–Trinajstić information content (AvgIpc) is 2.40. The zero-order valence-corrected chi connectivity index (χ0v) is 12.1. The van der Waals surface area contributed by atoms with Crippen LogP contribution in [0.3, 0.4) is 0 Å². The highest BCUT2D eigenvalue weighted by Crippen LogP contribution is 2.20. The summed E-state index contributed by atoms with van der Waals surface area (Å²) >= 11 is 3.40. The zero-order chi connectivity index (χ0) is 14.3. The molecule has 19 heavy (non-hydrogen) atoms. The Morgan fingerprint density at radius 3 is 2.42 bits per heavy atom. The molecule has 0 aliphatic heterocycles. The first-order valence-electron chi connectivity index (χ1n) is 5.85. The number of nitrogen functional groups attached to an aromatic ring is 1. The average molecular weight is 332 g/mol. The number of amides is 1. The molecule has 1 rings (SSSR count). The van der Waals surface area contributed by atoms with Crippen LogP contribution in [0, 0.1) is 0 Å². The molecule has 6 nitrogen and oxygen atoms in total. The number of carbonyl (C=O) groups is 1. The fraction of sp³-hybridized carbons (Fsp3) is 0.417. The number of carbonyl (C=O) groups excluding carboxylic acids is 1. The van der Waals surface area contributed by atoms with Crippen LogP contribution in [-0.2, 0) is 6.54 Å². The highest BCUT2D eigenvalue weighted by atomic mass is 79.9. The lowest BCUT2D eigenvalue weighted by Gasteiger charge is -2.21. The summed E-state index contributed by atoms with van der Waals surface area (Å²) in [5.41, 5.74) is 3.51. The molecule has 1 amide bonds. The van der Waals surface area contributed by atoms with Crippen LogP contribution in [0.25, 0.3) is 0 Å². The lowest BCUT2D eigenvalue weighted by molar-refractivity contribution is 0.0953. The van der Waals surface area contributed by atoms with E-state index in [0.29, 0.717) is 25.2 Å². The summed E-state index contributed by atoms with van der Waals surface area (Å²) in [6.45, 7) is 1.61. The Balaban J connectivity index is 2.80. The number of hydrazine groups is 1. The van der Waals surface area contributed by atoms with Crippen molar-refractivity contribution in [2.75, 3.05) is 26.3 Å². The highest BCUT2D eigenvalue weighted by Gasteiger charge is 2.10. The van der Waals surface area contributed by atoms with E-state index in [0.717, 1.165) is 10.0 Å². The van der Waals surface area contributed by atoms with Gasteiger partial charge in [0.05, 0.1) is 13.2 Å². The summed E-state index contributed by atoms with van der Waals surface area (Å²) in [4.78, 5) is 13.3. The predicted molar refractivity (Wildman–Crippen MR) is 75.2 cm³/mol. The molecular formula is C12H18BrN3O3. The molecule has 1 aromatic rings. The van der Waals surface area contributed by atoms with Crippen molar-refractivity contribution in [3.63, 3.8) is 0 Å². The first-order chi connectivity index (χ1) is 9.12. The van der Waals surface area contributed by atoms with E-state index in [9.17, 15) is 4.79 Å². The minimum Gasteiger partial charge on any atom is -0.395 e. The number of aliphatic hydroxyl groups excluding tert-OH is 2. The van der Waals surface area contributed by atoms with Crippen LogP contribution in [0.4, 0.5) is 0 Å². The Hall–Kier alpha value is -0.990. The molecule has 0 aliphatic rings. The molecule has 0 heterocycles. The Morgan fingerprint density at radius 1 is 1.32 bits per heavy atom. The maximum Gasteiger partial charge on any atom is 0.265 e. The Kier molecular flexibility index (Phi) is 6.96. The molecule has 0 aliphatic carbocycles. The molecule has 106 valence electrons. The molecule has 0 atom stereocenters. The van der Waals surface area contributed by atoms with Gasteiger partial charge in [-0.05, 0) is 17.7 Å². The van der Waals surface area contributed by atoms with Crippen molar-refractivity contribution < 1.29 is 15.0 Å². The molecule has 0 spiro atoms. The summed E-state index contributed by atoms with van der Waals surface area (Å²) in [6.07, 6.45) is 0. The van der Waals surface area contributed by atoms with Gasteiger partial charge in [-0.1, -0.05) is 22.0 Å². The van der Waals surface area contributed by atoms with Crippen LogP contribution in [0.1, 0.15) is 15.9 Å². The molecule has 0 saturated heterocycles. The third kappa shape index (κ3) is 4.88. The minimum absolute atomic E-state index is 0.0330. The van der Waals surface area contributed by atoms with E-state index < -0.39 is 0 Å². The van der Waals surface area contributed by atoms with Crippen molar-refractivity contribution in [1.29, 1.82) is 0 Å². The summed E-state index contributed by atoms with van der Waals surface area (Å²) in [7, 11) is 0. The Bertz CT molecular complexity index is 423. The van der Waals surface area contributed by atoms with Gasteiger partial charge in [-0.25, -0.2) is 5.84 Å². The number of hydrogen-bond acceptors (Lipinski definition) is 5. The van der Waals surface area contributed by atoms with E-state index in [-0.39, 0.29) is 19.1 Å². The van der Waals surface area contributed by atoms with Crippen LogP contribution < -0.4 is 11.3 Å². The molecule has 0 bridgehead atoms. The third-order valence-corrected chi connectivity index (χ3v) is 3.41. The minimum atomic E-state index is -0.352. The van der Waals surface area contributed by atoms with Crippen LogP contribution in [0.5, 0.6) is 0 Å². The van der Waals surface area contributed by atoms with Gasteiger partial charge in [0.25, 0.3) is 5.91 Å². The topological polar surface area (TPSA) is 98.8 Å². The molecule has 0 fully saturated rings. The number of hydrogen-bond donors (Lipinski definition) is 4. The first kappa shape index (κ1) is 16.1. The van der Waals surface area contributed by atoms with Crippen molar-refractivity contribution in [2.24, 2.45) is 5.84 Å². The maximum absolute atomic E-state index is 11.4. The fourth-order valence-electron chi connectivity index (χ4n) is 1.69. The van der Waals surface area contributed by atoms with Gasteiger partial charge < -0.3 is 10.2 Å². The smallest absolute Gasteiger partial charge is 0.265 e. The van der Waals surface area contributed by atoms with E-state index in [1.807, 2.05) is 11.0 Å². The summed E-state index contributed by atoms with van der Waals surface area (Å²) in [5, 5.41) is 17.9. The van der Waals surface area contributed by atoms with E-state index >= 15 is 0 Å². The summed E-state index contributed by atoms with van der Waals surface area (Å²) in [5.74, 6) is 4.72. The van der Waals surface area contributed by atoms with E-state index in [1.54, 1.807) is 12.1 Å². The second-order valence-corrected chi connectivity index (χ2v) is 4.86.